The molecule has 2 aromatic carbocycles. The lowest BCUT2D eigenvalue weighted by Gasteiger charge is -2.41. The average molecular weight is 686 g/mol. The molecule has 50 heavy (non-hydrogen) atoms. The topological polar surface area (TPSA) is 125 Å². The number of esters is 1. The van der Waals surface area contributed by atoms with Crippen molar-refractivity contribution in [2.75, 3.05) is 13.2 Å². The smallest absolute Gasteiger partial charge is 0.313 e. The zero-order valence-corrected chi connectivity index (χ0v) is 29.4. The predicted molar refractivity (Wildman–Crippen MR) is 189 cm³/mol. The number of nitrogens with zero attached hydrogens (tertiary/aromatic N) is 2. The van der Waals surface area contributed by atoms with Crippen molar-refractivity contribution in [1.29, 1.82) is 0 Å². The lowest BCUT2D eigenvalue weighted by molar-refractivity contribution is -0.163. The molecule has 0 aliphatic carbocycles. The molecule has 1 spiro atoms. The zero-order chi connectivity index (χ0) is 36.0. The van der Waals surface area contributed by atoms with Crippen molar-refractivity contribution in [3.05, 3.63) is 97.1 Å². The lowest BCUT2D eigenvalue weighted by atomic mass is 9.70. The minimum Gasteiger partial charge on any atom is -0.455 e. The van der Waals surface area contributed by atoms with Crippen LogP contribution in [0.1, 0.15) is 70.1 Å². The highest BCUT2D eigenvalue weighted by atomic mass is 16.6. The summed E-state index contributed by atoms with van der Waals surface area (Å²) in [6.45, 7) is 13.5. The second-order valence-corrected chi connectivity index (χ2v) is 13.9. The number of carbonyl (C=O) groups is 4. The number of allylic oxidation sites excluding steroid dienone is 1. The van der Waals surface area contributed by atoms with Crippen molar-refractivity contribution in [1.82, 2.24) is 15.1 Å². The Kier molecular flexibility index (Phi) is 12.0. The molecule has 268 valence electrons. The summed E-state index contributed by atoms with van der Waals surface area (Å²) in [5, 5.41) is 13.7. The van der Waals surface area contributed by atoms with E-state index in [4.69, 9.17) is 9.47 Å². The standard InChI is InChI=1S/C40H51N3O7/c1-6-9-20-32(45)41-27(5)35(29-18-14-11-15-19-29)49-39(48)33-31-21-22-40(50-31)34(33)37(46)43(30(25-44)26(4)8-3)36(40)38(47)42(23-7-2)24-28-16-12-10-13-17-28/h6-7,10-19,26-27,30-31,33-36,44H,1-2,8-9,20-25H2,3-5H3,(H,41,45)/t26-,27-,30-,31-,33+,34+,35-,36-,40+/m0/s1. The van der Waals surface area contributed by atoms with E-state index in [9.17, 15) is 24.3 Å². The number of rotatable bonds is 17. The molecule has 2 aromatic rings. The van der Waals surface area contributed by atoms with Crippen molar-refractivity contribution >= 4 is 23.7 Å². The number of aliphatic hydroxyl groups excluding tert-OH is 1. The Morgan fingerprint density at radius 3 is 2.40 bits per heavy atom. The molecule has 0 radical (unpaired) electrons. The Labute approximate surface area is 295 Å². The van der Waals surface area contributed by atoms with Crippen LogP contribution in [0.3, 0.4) is 0 Å². The molecule has 10 heteroatoms. The van der Waals surface area contributed by atoms with E-state index in [-0.39, 0.29) is 43.2 Å². The van der Waals surface area contributed by atoms with E-state index in [1.165, 1.54) is 4.90 Å². The number of hydrogen-bond donors (Lipinski definition) is 2. The quantitative estimate of drug-likeness (QED) is 0.182. The summed E-state index contributed by atoms with van der Waals surface area (Å²) in [6, 6.07) is 16.5. The number of carbonyl (C=O) groups excluding carboxylic acids is 4. The molecule has 3 aliphatic heterocycles. The maximum atomic E-state index is 14.8. The summed E-state index contributed by atoms with van der Waals surface area (Å²) in [4.78, 5) is 59.9. The van der Waals surface area contributed by atoms with Gasteiger partial charge in [0.25, 0.3) is 0 Å². The van der Waals surface area contributed by atoms with Crippen LogP contribution in [0.5, 0.6) is 0 Å². The van der Waals surface area contributed by atoms with Gasteiger partial charge in [-0.05, 0) is 43.2 Å². The molecule has 0 unspecified atom stereocenters. The largest absolute Gasteiger partial charge is 0.455 e. The Hall–Kier alpha value is -4.28. The second kappa shape index (κ2) is 16.2. The zero-order valence-electron chi connectivity index (χ0n) is 29.4. The first-order valence-corrected chi connectivity index (χ1v) is 17.8. The van der Waals surface area contributed by atoms with Crippen molar-refractivity contribution in [3.8, 4) is 0 Å². The van der Waals surface area contributed by atoms with Gasteiger partial charge in [0.15, 0.2) is 0 Å². The van der Waals surface area contributed by atoms with Gasteiger partial charge in [0.1, 0.15) is 17.7 Å². The van der Waals surface area contributed by atoms with Crippen LogP contribution >= 0.6 is 0 Å². The van der Waals surface area contributed by atoms with E-state index < -0.39 is 53.7 Å². The summed E-state index contributed by atoms with van der Waals surface area (Å²) in [6.07, 6.45) is 4.18. The Morgan fingerprint density at radius 1 is 1.10 bits per heavy atom. The molecule has 2 bridgehead atoms. The van der Waals surface area contributed by atoms with Gasteiger partial charge in [-0.25, -0.2) is 0 Å². The average Bonchev–Trinajstić information content (AvgIpc) is 3.77. The van der Waals surface area contributed by atoms with Crippen molar-refractivity contribution < 1.29 is 33.8 Å². The first-order chi connectivity index (χ1) is 24.1. The third kappa shape index (κ3) is 7.14. The van der Waals surface area contributed by atoms with Crippen LogP contribution in [0.15, 0.2) is 86.0 Å². The molecule has 3 saturated heterocycles. The van der Waals surface area contributed by atoms with Crippen LogP contribution in [0.4, 0.5) is 0 Å². The summed E-state index contributed by atoms with van der Waals surface area (Å²) in [7, 11) is 0. The third-order valence-corrected chi connectivity index (χ3v) is 10.8. The van der Waals surface area contributed by atoms with Gasteiger partial charge < -0.3 is 29.7 Å². The monoisotopic (exact) mass is 685 g/mol. The van der Waals surface area contributed by atoms with Gasteiger partial charge in [-0.1, -0.05) is 93.1 Å². The van der Waals surface area contributed by atoms with Crippen LogP contribution in [0.25, 0.3) is 0 Å². The number of benzene rings is 2. The molecule has 9 atom stereocenters. The number of nitrogens with one attached hydrogen (secondary N) is 1. The molecule has 3 aliphatic rings. The minimum absolute atomic E-state index is 0.132. The van der Waals surface area contributed by atoms with E-state index in [1.54, 1.807) is 24.0 Å². The number of likely N-dealkylation sites (tertiary alicyclic amines) is 1. The highest BCUT2D eigenvalue weighted by molar-refractivity contribution is 5.98. The van der Waals surface area contributed by atoms with Crippen molar-refractivity contribution in [2.24, 2.45) is 17.8 Å². The maximum absolute atomic E-state index is 14.8. The van der Waals surface area contributed by atoms with Gasteiger partial charge in [-0.15, -0.1) is 13.2 Å². The fourth-order valence-corrected chi connectivity index (χ4v) is 8.12. The highest BCUT2D eigenvalue weighted by Gasteiger charge is 2.76. The SMILES string of the molecule is C=CCCC(=O)N[C@@H](C)[C@H](OC(=O)[C@@H]1[C@@H]2CC[C@]3(O2)[C@H](C(=O)N(CC=C)Cc2ccccc2)N([C@@H](CO)[C@@H](C)CC)C(=O)[C@@H]13)c1ccccc1. The van der Waals surface area contributed by atoms with E-state index in [0.717, 1.165) is 5.56 Å². The molecular formula is C40H51N3O7. The molecule has 3 amide bonds. The Morgan fingerprint density at radius 2 is 1.78 bits per heavy atom. The van der Waals surface area contributed by atoms with Crippen LogP contribution in [0, 0.1) is 17.8 Å². The molecule has 0 aromatic heterocycles. The summed E-state index contributed by atoms with van der Waals surface area (Å²) in [5.74, 6) is -3.57. The summed E-state index contributed by atoms with van der Waals surface area (Å²) < 4.78 is 13.0. The third-order valence-electron chi connectivity index (χ3n) is 10.8. The van der Waals surface area contributed by atoms with Crippen LogP contribution in [-0.4, -0.2) is 81.6 Å². The normalized spacial score (nSPS) is 26.0. The number of aliphatic hydroxyl groups is 1. The summed E-state index contributed by atoms with van der Waals surface area (Å²) in [5.41, 5.74) is 0.345. The van der Waals surface area contributed by atoms with Crippen molar-refractivity contribution in [2.45, 2.75) is 95.4 Å². The minimum atomic E-state index is -1.27. The first-order valence-electron chi connectivity index (χ1n) is 17.8. The fourth-order valence-electron chi connectivity index (χ4n) is 8.12. The molecule has 5 rings (SSSR count). The van der Waals surface area contributed by atoms with Gasteiger partial charge in [0, 0.05) is 19.5 Å². The molecular weight excluding hydrogens is 634 g/mol. The molecule has 2 N–H and O–H groups in total. The molecule has 3 heterocycles. The van der Waals surface area contributed by atoms with E-state index in [0.29, 0.717) is 37.8 Å². The Bertz CT molecular complexity index is 1530. The number of amides is 3. The van der Waals surface area contributed by atoms with E-state index in [1.807, 2.05) is 74.5 Å². The van der Waals surface area contributed by atoms with Crippen molar-refractivity contribution in [3.63, 3.8) is 0 Å². The van der Waals surface area contributed by atoms with Crippen LogP contribution in [-0.2, 0) is 35.2 Å². The maximum Gasteiger partial charge on any atom is 0.313 e. The van der Waals surface area contributed by atoms with Crippen LogP contribution in [0.2, 0.25) is 0 Å². The number of fused-ring (bicyclic) bond motifs is 1. The second-order valence-electron chi connectivity index (χ2n) is 13.9. The molecule has 0 saturated carbocycles. The highest BCUT2D eigenvalue weighted by Crippen LogP contribution is 2.59. The molecule has 3 fully saturated rings. The van der Waals surface area contributed by atoms with Crippen LogP contribution < -0.4 is 5.32 Å². The van der Waals surface area contributed by atoms with Gasteiger partial charge in [0.2, 0.25) is 17.7 Å². The first kappa shape index (κ1) is 37.0. The fraction of sp³-hybridized carbons (Fsp3) is 0.500. The van der Waals surface area contributed by atoms with Gasteiger partial charge in [-0.3, -0.25) is 19.2 Å². The molecule has 10 nitrogen and oxygen atoms in total. The lowest BCUT2D eigenvalue weighted by Crippen LogP contribution is -2.59. The van der Waals surface area contributed by atoms with Gasteiger partial charge in [-0.2, -0.15) is 0 Å². The number of hydrogen-bond acceptors (Lipinski definition) is 7. The van der Waals surface area contributed by atoms with E-state index in [2.05, 4.69) is 18.5 Å². The predicted octanol–water partition coefficient (Wildman–Crippen LogP) is 4.74. The Balaban J connectivity index is 1.50. The van der Waals surface area contributed by atoms with Gasteiger partial charge >= 0.3 is 5.97 Å². The summed E-state index contributed by atoms with van der Waals surface area (Å²) >= 11 is 0. The van der Waals surface area contributed by atoms with E-state index >= 15 is 0 Å². The number of ether oxygens (including phenoxy) is 2. The van der Waals surface area contributed by atoms with Gasteiger partial charge in [0.05, 0.1) is 36.6 Å².